The van der Waals surface area contributed by atoms with E-state index in [-0.39, 0.29) is 0 Å². The van der Waals surface area contributed by atoms with Crippen LogP contribution in [0.15, 0.2) is 36.0 Å². The summed E-state index contributed by atoms with van der Waals surface area (Å²) >= 11 is 0. The summed E-state index contributed by atoms with van der Waals surface area (Å²) < 4.78 is 0. The molecule has 0 aliphatic heterocycles. The van der Waals surface area contributed by atoms with Gasteiger partial charge in [0.25, 0.3) is 0 Å². The maximum absolute atomic E-state index is 7.67. The lowest BCUT2D eigenvalue weighted by molar-refractivity contribution is 1.31. The van der Waals surface area contributed by atoms with Crippen LogP contribution >= 0.6 is 0 Å². The van der Waals surface area contributed by atoms with Crippen LogP contribution < -0.4 is 5.73 Å². The molecule has 0 heterocycles. The quantitative estimate of drug-likeness (QED) is 0.663. The van der Waals surface area contributed by atoms with Gasteiger partial charge >= 0.3 is 0 Å². The first-order valence-electron chi connectivity index (χ1n) is 4.19. The Hall–Kier alpha value is -1.57. The first kappa shape index (κ1) is 9.52. The standard InChI is InChI=1S/C11H14N2/c1-8-3-5-10(6-4-8)11(13)7-9(2)12/h3-7,13H,12H2,1-2H3/b9-7-,13-11?. The SMILES string of the molecule is C/C(N)=C/C(=N)c1ccc(C)cc1. The molecule has 68 valence electrons. The number of nitrogens with one attached hydrogen (secondary N) is 1. The monoisotopic (exact) mass is 174 g/mol. The molecule has 0 atom stereocenters. The third kappa shape index (κ3) is 2.75. The number of nitrogens with two attached hydrogens (primary N) is 1. The average molecular weight is 174 g/mol. The first-order chi connectivity index (χ1) is 6.09. The van der Waals surface area contributed by atoms with Gasteiger partial charge in [-0.25, -0.2) is 0 Å². The number of aryl methyl sites for hydroxylation is 1. The zero-order valence-electron chi connectivity index (χ0n) is 7.96. The third-order valence-electron chi connectivity index (χ3n) is 1.73. The summed E-state index contributed by atoms with van der Waals surface area (Å²) in [6, 6.07) is 7.83. The van der Waals surface area contributed by atoms with Crippen LogP contribution in [0.5, 0.6) is 0 Å². The highest BCUT2D eigenvalue weighted by Gasteiger charge is 1.96. The lowest BCUT2D eigenvalue weighted by Gasteiger charge is -1.99. The van der Waals surface area contributed by atoms with Gasteiger partial charge in [-0.05, 0) is 25.5 Å². The molecule has 0 aliphatic rings. The van der Waals surface area contributed by atoms with E-state index in [0.717, 1.165) is 5.56 Å². The van der Waals surface area contributed by atoms with E-state index >= 15 is 0 Å². The molecule has 1 rings (SSSR count). The van der Waals surface area contributed by atoms with Crippen molar-refractivity contribution in [3.05, 3.63) is 47.2 Å². The van der Waals surface area contributed by atoms with E-state index in [1.54, 1.807) is 13.0 Å². The van der Waals surface area contributed by atoms with Crippen LogP contribution in [0.25, 0.3) is 0 Å². The molecule has 2 nitrogen and oxygen atoms in total. The Morgan fingerprint density at radius 3 is 2.31 bits per heavy atom. The van der Waals surface area contributed by atoms with Gasteiger partial charge in [-0.1, -0.05) is 29.8 Å². The van der Waals surface area contributed by atoms with E-state index in [4.69, 9.17) is 11.1 Å². The topological polar surface area (TPSA) is 49.9 Å². The Bertz CT molecular complexity index is 330. The fraction of sp³-hybridized carbons (Fsp3) is 0.182. The summed E-state index contributed by atoms with van der Waals surface area (Å²) in [5.41, 5.74) is 8.69. The lowest BCUT2D eigenvalue weighted by atomic mass is 10.1. The maximum Gasteiger partial charge on any atom is 0.0629 e. The molecular weight excluding hydrogens is 160 g/mol. The molecule has 0 aromatic heterocycles. The molecule has 0 radical (unpaired) electrons. The minimum absolute atomic E-state index is 0.458. The molecular formula is C11H14N2. The molecule has 0 spiro atoms. The van der Waals surface area contributed by atoms with Crippen molar-refractivity contribution in [2.75, 3.05) is 0 Å². The molecule has 1 aromatic carbocycles. The van der Waals surface area contributed by atoms with E-state index in [0.29, 0.717) is 11.4 Å². The lowest BCUT2D eigenvalue weighted by Crippen LogP contribution is -1.99. The van der Waals surface area contributed by atoms with Crippen molar-refractivity contribution in [1.29, 1.82) is 5.41 Å². The van der Waals surface area contributed by atoms with Gasteiger partial charge in [0.05, 0.1) is 5.71 Å². The number of benzene rings is 1. The zero-order chi connectivity index (χ0) is 9.84. The highest BCUT2D eigenvalue weighted by Crippen LogP contribution is 2.04. The molecule has 0 bridgehead atoms. The average Bonchev–Trinajstić information content (AvgIpc) is 2.04. The minimum Gasteiger partial charge on any atom is -0.402 e. The summed E-state index contributed by atoms with van der Waals surface area (Å²) in [4.78, 5) is 0. The van der Waals surface area contributed by atoms with Crippen molar-refractivity contribution >= 4 is 5.71 Å². The van der Waals surface area contributed by atoms with Crippen molar-refractivity contribution in [2.24, 2.45) is 5.73 Å². The van der Waals surface area contributed by atoms with Gasteiger partial charge in [0.15, 0.2) is 0 Å². The fourth-order valence-corrected chi connectivity index (χ4v) is 1.04. The summed E-state index contributed by atoms with van der Waals surface area (Å²) in [6.07, 6.45) is 1.66. The largest absolute Gasteiger partial charge is 0.402 e. The van der Waals surface area contributed by atoms with Crippen molar-refractivity contribution in [3.8, 4) is 0 Å². The predicted octanol–water partition coefficient (Wildman–Crippen LogP) is 2.23. The summed E-state index contributed by atoms with van der Waals surface area (Å²) in [5, 5.41) is 7.67. The normalized spacial score (nSPS) is 11.4. The van der Waals surface area contributed by atoms with Gasteiger partial charge in [-0.3, -0.25) is 0 Å². The Labute approximate surface area is 78.6 Å². The molecule has 13 heavy (non-hydrogen) atoms. The van der Waals surface area contributed by atoms with Crippen LogP contribution in [0, 0.1) is 12.3 Å². The Balaban J connectivity index is 2.90. The van der Waals surface area contributed by atoms with E-state index in [9.17, 15) is 0 Å². The highest BCUT2D eigenvalue weighted by molar-refractivity contribution is 6.06. The number of hydrogen-bond donors (Lipinski definition) is 2. The predicted molar refractivity (Wildman–Crippen MR) is 56.0 cm³/mol. The second-order valence-corrected chi connectivity index (χ2v) is 3.17. The second kappa shape index (κ2) is 3.90. The summed E-state index contributed by atoms with van der Waals surface area (Å²) in [7, 11) is 0. The number of rotatable bonds is 2. The molecule has 1 aromatic rings. The zero-order valence-corrected chi connectivity index (χ0v) is 7.96. The van der Waals surface area contributed by atoms with Gasteiger partial charge in [-0.15, -0.1) is 0 Å². The van der Waals surface area contributed by atoms with Crippen LogP contribution in [0.3, 0.4) is 0 Å². The van der Waals surface area contributed by atoms with E-state index < -0.39 is 0 Å². The Morgan fingerprint density at radius 2 is 1.85 bits per heavy atom. The van der Waals surface area contributed by atoms with Gasteiger partial charge in [0, 0.05) is 5.70 Å². The smallest absolute Gasteiger partial charge is 0.0629 e. The van der Waals surface area contributed by atoms with Crippen LogP contribution in [0.1, 0.15) is 18.1 Å². The number of hydrogen-bond acceptors (Lipinski definition) is 2. The van der Waals surface area contributed by atoms with Crippen LogP contribution in [-0.4, -0.2) is 5.71 Å². The molecule has 0 saturated carbocycles. The van der Waals surface area contributed by atoms with Crippen molar-refractivity contribution in [1.82, 2.24) is 0 Å². The molecule has 0 aliphatic carbocycles. The summed E-state index contributed by atoms with van der Waals surface area (Å²) in [6.45, 7) is 3.81. The third-order valence-corrected chi connectivity index (χ3v) is 1.73. The van der Waals surface area contributed by atoms with Gasteiger partial charge in [0.2, 0.25) is 0 Å². The van der Waals surface area contributed by atoms with E-state index in [2.05, 4.69) is 0 Å². The first-order valence-corrected chi connectivity index (χ1v) is 4.19. The minimum atomic E-state index is 0.458. The van der Waals surface area contributed by atoms with E-state index in [1.165, 1.54) is 5.56 Å². The maximum atomic E-state index is 7.67. The van der Waals surface area contributed by atoms with Crippen molar-refractivity contribution < 1.29 is 0 Å². The summed E-state index contributed by atoms with van der Waals surface area (Å²) in [5.74, 6) is 0. The van der Waals surface area contributed by atoms with Gasteiger partial charge in [-0.2, -0.15) is 0 Å². The van der Waals surface area contributed by atoms with Crippen molar-refractivity contribution in [3.63, 3.8) is 0 Å². The Kier molecular flexibility index (Phi) is 2.85. The fourth-order valence-electron chi connectivity index (χ4n) is 1.04. The molecule has 2 heteroatoms. The van der Waals surface area contributed by atoms with Crippen LogP contribution in [0.2, 0.25) is 0 Å². The number of allylic oxidation sites excluding steroid dienone is 2. The van der Waals surface area contributed by atoms with Crippen LogP contribution in [0.4, 0.5) is 0 Å². The molecule has 0 unspecified atom stereocenters. The highest BCUT2D eigenvalue weighted by atomic mass is 14.6. The molecule has 3 N–H and O–H groups in total. The van der Waals surface area contributed by atoms with Crippen LogP contribution in [-0.2, 0) is 0 Å². The van der Waals surface area contributed by atoms with Gasteiger partial charge < -0.3 is 11.1 Å². The molecule has 0 saturated heterocycles. The van der Waals surface area contributed by atoms with Crippen molar-refractivity contribution in [2.45, 2.75) is 13.8 Å². The Morgan fingerprint density at radius 1 is 1.31 bits per heavy atom. The second-order valence-electron chi connectivity index (χ2n) is 3.17. The molecule has 0 amide bonds. The van der Waals surface area contributed by atoms with E-state index in [1.807, 2.05) is 31.2 Å². The van der Waals surface area contributed by atoms with Gasteiger partial charge in [0.1, 0.15) is 0 Å². The molecule has 0 fully saturated rings.